The van der Waals surface area contributed by atoms with Crippen LogP contribution in [-0.4, -0.2) is 19.1 Å². The van der Waals surface area contributed by atoms with E-state index in [4.69, 9.17) is 0 Å². The fraction of sp³-hybridized carbons (Fsp3) is 0.444. The van der Waals surface area contributed by atoms with E-state index in [1.54, 1.807) is 0 Å². The van der Waals surface area contributed by atoms with Crippen LogP contribution in [0.2, 0.25) is 0 Å². The zero-order valence-corrected chi connectivity index (χ0v) is 8.73. The summed E-state index contributed by atoms with van der Waals surface area (Å²) in [5.41, 5.74) is 1.00. The first-order valence-electron chi connectivity index (χ1n) is 4.36. The Morgan fingerprint density at radius 3 is 3.00 bits per heavy atom. The van der Waals surface area contributed by atoms with Crippen molar-refractivity contribution in [1.82, 2.24) is 5.32 Å². The molecule has 0 aromatic carbocycles. The molecule has 6 heteroatoms. The Morgan fingerprint density at radius 2 is 2.40 bits per heavy atom. The molecule has 0 saturated carbocycles. The Balaban J connectivity index is 2.09. The molecule has 0 radical (unpaired) electrons. The molecule has 0 fully saturated rings. The topological polar surface area (TPSA) is 38.3 Å². The molecule has 1 aromatic rings. The standard InChI is InChI=1S/C9H11F2NO2S/c10-9(11)14-3-1-8(13)12-5-7-2-4-15-6-7/h2,4,6,9H,1,3,5H2,(H,12,13). The molecular formula is C9H11F2NO2S. The lowest BCUT2D eigenvalue weighted by molar-refractivity contribution is -0.138. The Labute approximate surface area is 90.1 Å². The van der Waals surface area contributed by atoms with E-state index in [0.29, 0.717) is 6.54 Å². The predicted molar refractivity (Wildman–Crippen MR) is 52.7 cm³/mol. The lowest BCUT2D eigenvalue weighted by Gasteiger charge is -2.04. The van der Waals surface area contributed by atoms with Gasteiger partial charge in [0.25, 0.3) is 0 Å². The van der Waals surface area contributed by atoms with Crippen LogP contribution in [0.3, 0.4) is 0 Å². The number of rotatable bonds is 6. The second kappa shape index (κ2) is 6.47. The van der Waals surface area contributed by atoms with Gasteiger partial charge in [0.1, 0.15) is 0 Å². The van der Waals surface area contributed by atoms with Gasteiger partial charge in [0.2, 0.25) is 5.91 Å². The SMILES string of the molecule is O=C(CCOC(F)F)NCc1ccsc1. The van der Waals surface area contributed by atoms with Crippen LogP contribution in [0, 0.1) is 0 Å². The third-order valence-corrected chi connectivity index (χ3v) is 2.37. The van der Waals surface area contributed by atoms with Gasteiger partial charge >= 0.3 is 6.61 Å². The monoisotopic (exact) mass is 235 g/mol. The summed E-state index contributed by atoms with van der Waals surface area (Å²) in [4.78, 5) is 11.1. The summed E-state index contributed by atoms with van der Waals surface area (Å²) in [5.74, 6) is -0.290. The Hall–Kier alpha value is -1.01. The minimum absolute atomic E-state index is 0.0471. The van der Waals surface area contributed by atoms with Crippen LogP contribution in [0.4, 0.5) is 8.78 Å². The summed E-state index contributed by atoms with van der Waals surface area (Å²) in [5, 5.41) is 6.42. The van der Waals surface area contributed by atoms with E-state index in [9.17, 15) is 13.6 Å². The first-order valence-corrected chi connectivity index (χ1v) is 5.30. The maximum Gasteiger partial charge on any atom is 0.345 e. The van der Waals surface area contributed by atoms with Gasteiger partial charge in [-0.05, 0) is 22.4 Å². The lowest BCUT2D eigenvalue weighted by atomic mass is 10.3. The molecule has 0 atom stereocenters. The van der Waals surface area contributed by atoms with Crippen molar-refractivity contribution in [2.24, 2.45) is 0 Å². The number of hydrogen-bond acceptors (Lipinski definition) is 3. The quantitative estimate of drug-likeness (QED) is 0.819. The smallest absolute Gasteiger partial charge is 0.345 e. The first kappa shape index (κ1) is 12.1. The second-order valence-corrected chi connectivity index (χ2v) is 3.57. The van der Waals surface area contributed by atoms with Crippen molar-refractivity contribution in [1.29, 1.82) is 0 Å². The van der Waals surface area contributed by atoms with Crippen molar-refractivity contribution in [3.63, 3.8) is 0 Å². The van der Waals surface area contributed by atoms with E-state index in [1.807, 2.05) is 16.8 Å². The van der Waals surface area contributed by atoms with Gasteiger partial charge in [0, 0.05) is 6.54 Å². The van der Waals surface area contributed by atoms with Gasteiger partial charge in [-0.2, -0.15) is 20.1 Å². The number of nitrogens with one attached hydrogen (secondary N) is 1. The molecule has 15 heavy (non-hydrogen) atoms. The van der Waals surface area contributed by atoms with Crippen LogP contribution in [-0.2, 0) is 16.1 Å². The molecule has 0 bridgehead atoms. The normalized spacial score (nSPS) is 10.6. The van der Waals surface area contributed by atoms with E-state index in [-0.39, 0.29) is 18.9 Å². The van der Waals surface area contributed by atoms with Gasteiger partial charge in [-0.15, -0.1) is 0 Å². The van der Waals surface area contributed by atoms with Crippen molar-refractivity contribution < 1.29 is 18.3 Å². The summed E-state index contributed by atoms with van der Waals surface area (Å²) < 4.78 is 27.0. The van der Waals surface area contributed by atoms with Crippen LogP contribution < -0.4 is 5.32 Å². The van der Waals surface area contributed by atoms with E-state index < -0.39 is 6.61 Å². The molecule has 0 spiro atoms. The molecule has 0 aliphatic rings. The number of carbonyl (C=O) groups is 1. The number of halogens is 2. The number of amides is 1. The van der Waals surface area contributed by atoms with Gasteiger partial charge in [-0.1, -0.05) is 0 Å². The Morgan fingerprint density at radius 1 is 1.60 bits per heavy atom. The summed E-state index contributed by atoms with van der Waals surface area (Å²) >= 11 is 1.54. The van der Waals surface area contributed by atoms with Crippen molar-refractivity contribution in [3.8, 4) is 0 Å². The fourth-order valence-electron chi connectivity index (χ4n) is 0.923. The van der Waals surface area contributed by atoms with Crippen molar-refractivity contribution >= 4 is 17.2 Å². The predicted octanol–water partition coefficient (Wildman–Crippen LogP) is 1.99. The fourth-order valence-corrected chi connectivity index (χ4v) is 1.59. The Bertz CT molecular complexity index is 290. The molecule has 1 heterocycles. The molecule has 1 amide bonds. The van der Waals surface area contributed by atoms with Crippen LogP contribution in [0.15, 0.2) is 16.8 Å². The number of thiophene rings is 1. The van der Waals surface area contributed by atoms with Gasteiger partial charge in [0.15, 0.2) is 0 Å². The molecule has 84 valence electrons. The highest BCUT2D eigenvalue weighted by Crippen LogP contribution is 2.05. The average Bonchev–Trinajstić information content (AvgIpc) is 2.66. The summed E-state index contributed by atoms with van der Waals surface area (Å²) in [7, 11) is 0. The molecule has 1 N–H and O–H groups in total. The van der Waals surface area contributed by atoms with E-state index in [0.717, 1.165) is 5.56 Å². The molecule has 0 unspecified atom stereocenters. The van der Waals surface area contributed by atoms with E-state index in [1.165, 1.54) is 11.3 Å². The van der Waals surface area contributed by atoms with Crippen LogP contribution in [0.5, 0.6) is 0 Å². The van der Waals surface area contributed by atoms with Crippen LogP contribution in [0.25, 0.3) is 0 Å². The highest BCUT2D eigenvalue weighted by atomic mass is 32.1. The highest BCUT2D eigenvalue weighted by molar-refractivity contribution is 7.07. The van der Waals surface area contributed by atoms with Crippen molar-refractivity contribution in [2.45, 2.75) is 19.6 Å². The van der Waals surface area contributed by atoms with Gasteiger partial charge in [0.05, 0.1) is 13.0 Å². The zero-order chi connectivity index (χ0) is 11.1. The van der Waals surface area contributed by atoms with Crippen molar-refractivity contribution in [3.05, 3.63) is 22.4 Å². The molecule has 3 nitrogen and oxygen atoms in total. The van der Waals surface area contributed by atoms with Crippen LogP contribution >= 0.6 is 11.3 Å². The van der Waals surface area contributed by atoms with E-state index >= 15 is 0 Å². The first-order chi connectivity index (χ1) is 7.18. The minimum atomic E-state index is -2.81. The second-order valence-electron chi connectivity index (χ2n) is 2.79. The number of ether oxygens (including phenoxy) is 1. The molecular weight excluding hydrogens is 224 g/mol. The maximum atomic E-state index is 11.5. The molecule has 1 rings (SSSR count). The molecule has 1 aromatic heterocycles. The maximum absolute atomic E-state index is 11.5. The van der Waals surface area contributed by atoms with Gasteiger partial charge < -0.3 is 10.1 Å². The highest BCUT2D eigenvalue weighted by Gasteiger charge is 2.05. The summed E-state index contributed by atoms with van der Waals surface area (Å²) in [6, 6.07) is 1.89. The zero-order valence-electron chi connectivity index (χ0n) is 7.91. The summed E-state index contributed by atoms with van der Waals surface area (Å²) in [6.45, 7) is -2.64. The average molecular weight is 235 g/mol. The van der Waals surface area contributed by atoms with Crippen LogP contribution in [0.1, 0.15) is 12.0 Å². The van der Waals surface area contributed by atoms with E-state index in [2.05, 4.69) is 10.1 Å². The third kappa shape index (κ3) is 5.44. The van der Waals surface area contributed by atoms with Gasteiger partial charge in [-0.3, -0.25) is 4.79 Å². The minimum Gasteiger partial charge on any atom is -0.352 e. The largest absolute Gasteiger partial charge is 0.352 e. The molecule has 0 saturated heterocycles. The molecule has 0 aliphatic carbocycles. The third-order valence-electron chi connectivity index (χ3n) is 1.64. The molecule has 0 aliphatic heterocycles. The number of alkyl halides is 2. The Kier molecular flexibility index (Phi) is 5.20. The van der Waals surface area contributed by atoms with Crippen molar-refractivity contribution in [2.75, 3.05) is 6.61 Å². The van der Waals surface area contributed by atoms with Gasteiger partial charge in [-0.25, -0.2) is 0 Å². The lowest BCUT2D eigenvalue weighted by Crippen LogP contribution is -2.24. The number of hydrogen-bond donors (Lipinski definition) is 1. The number of carbonyl (C=O) groups excluding carboxylic acids is 1. The summed E-state index contributed by atoms with van der Waals surface area (Å²) in [6.07, 6.45) is -0.0471.